The summed E-state index contributed by atoms with van der Waals surface area (Å²) in [5.74, 6) is 0. The smallest absolute Gasteiger partial charge is 0.0406 e. The molecule has 0 bridgehead atoms. The van der Waals surface area contributed by atoms with Gasteiger partial charge in [-0.1, -0.05) is 46.6 Å². The van der Waals surface area contributed by atoms with E-state index in [-0.39, 0.29) is 0 Å². The molecule has 0 amide bonds. The quantitative estimate of drug-likeness (QED) is 0.707. The topological polar surface area (TPSA) is 0 Å². The van der Waals surface area contributed by atoms with Gasteiger partial charge in [0.15, 0.2) is 0 Å². The fraction of sp³-hybridized carbons (Fsp3) is 0.400. The highest BCUT2D eigenvalue weighted by Gasteiger charge is 1.97. The molecule has 0 unspecified atom stereocenters. The Hall–Kier alpha value is -0.0100. The first-order valence-corrected chi connectivity index (χ1v) is 5.36. The minimum Gasteiger partial charge on any atom is -0.0894 e. The minimum atomic E-state index is 0.591. The van der Waals surface area contributed by atoms with Crippen LogP contribution in [0.4, 0.5) is 0 Å². The molecule has 0 N–H and O–H groups in total. The van der Waals surface area contributed by atoms with E-state index in [1.807, 2.05) is 12.1 Å². The first-order valence-electron chi connectivity index (χ1n) is 4.07. The van der Waals surface area contributed by atoms with Gasteiger partial charge in [0.1, 0.15) is 0 Å². The van der Waals surface area contributed by atoms with E-state index in [9.17, 15) is 0 Å². The number of aryl methyl sites for hydroxylation is 1. The third-order valence-corrected chi connectivity index (χ3v) is 2.45. The van der Waals surface area contributed by atoms with Crippen molar-refractivity contribution in [3.05, 3.63) is 34.9 Å². The van der Waals surface area contributed by atoms with Crippen molar-refractivity contribution in [2.45, 2.75) is 24.6 Å². The molecule has 1 atom stereocenters. The summed E-state index contributed by atoms with van der Waals surface area (Å²) in [6.45, 7) is 2.16. The molecule has 66 valence electrons. The van der Waals surface area contributed by atoms with Crippen LogP contribution in [0.3, 0.4) is 0 Å². The van der Waals surface area contributed by atoms with E-state index in [1.54, 1.807) is 0 Å². The Kier molecular flexibility index (Phi) is 4.10. The molecule has 0 saturated carbocycles. The van der Waals surface area contributed by atoms with Gasteiger partial charge >= 0.3 is 0 Å². The summed E-state index contributed by atoms with van der Waals surface area (Å²) in [7, 11) is 0. The summed E-state index contributed by atoms with van der Waals surface area (Å²) < 4.78 is 0. The highest BCUT2D eigenvalue weighted by Crippen LogP contribution is 2.13. The highest BCUT2D eigenvalue weighted by molar-refractivity contribution is 9.09. The van der Waals surface area contributed by atoms with E-state index in [2.05, 4.69) is 35.0 Å². The van der Waals surface area contributed by atoms with E-state index < -0.39 is 0 Å². The summed E-state index contributed by atoms with van der Waals surface area (Å²) in [6.07, 6.45) is 2.28. The molecule has 0 fully saturated rings. The van der Waals surface area contributed by atoms with Crippen molar-refractivity contribution < 1.29 is 0 Å². The summed E-state index contributed by atoms with van der Waals surface area (Å²) in [4.78, 5) is 0.591. The van der Waals surface area contributed by atoms with Crippen molar-refractivity contribution in [1.82, 2.24) is 0 Å². The van der Waals surface area contributed by atoms with Crippen LogP contribution < -0.4 is 0 Å². The maximum absolute atomic E-state index is 5.77. The van der Waals surface area contributed by atoms with Gasteiger partial charge in [0.2, 0.25) is 0 Å². The molecule has 1 aromatic rings. The number of rotatable bonds is 3. The van der Waals surface area contributed by atoms with Gasteiger partial charge in [-0.3, -0.25) is 0 Å². The lowest BCUT2D eigenvalue weighted by Crippen LogP contribution is -1.93. The van der Waals surface area contributed by atoms with E-state index in [0.29, 0.717) is 4.83 Å². The van der Waals surface area contributed by atoms with Gasteiger partial charge < -0.3 is 0 Å². The fourth-order valence-electron chi connectivity index (χ4n) is 1.02. The van der Waals surface area contributed by atoms with Crippen molar-refractivity contribution in [3.8, 4) is 0 Å². The monoisotopic (exact) mass is 246 g/mol. The van der Waals surface area contributed by atoms with Crippen LogP contribution >= 0.6 is 27.5 Å². The lowest BCUT2D eigenvalue weighted by molar-refractivity contribution is 0.822. The Morgan fingerprint density at radius 1 is 1.33 bits per heavy atom. The van der Waals surface area contributed by atoms with Crippen LogP contribution in [0.5, 0.6) is 0 Å². The second-order valence-electron chi connectivity index (χ2n) is 2.95. The summed E-state index contributed by atoms with van der Waals surface area (Å²) in [6, 6.07) is 8.04. The standard InChI is InChI=1S/C10H12BrCl/c1-8(11)2-3-9-4-6-10(12)7-5-9/h4-8H,2-3H2,1H3/t8-/m1/s1. The van der Waals surface area contributed by atoms with Gasteiger partial charge in [0.05, 0.1) is 0 Å². The molecule has 12 heavy (non-hydrogen) atoms. The Balaban J connectivity index is 2.48. The molecule has 0 nitrogen and oxygen atoms in total. The van der Waals surface area contributed by atoms with Crippen molar-refractivity contribution >= 4 is 27.5 Å². The maximum atomic E-state index is 5.77. The van der Waals surface area contributed by atoms with Gasteiger partial charge in [0.25, 0.3) is 0 Å². The largest absolute Gasteiger partial charge is 0.0894 e. The van der Waals surface area contributed by atoms with Crippen LogP contribution in [0.1, 0.15) is 18.9 Å². The average Bonchev–Trinajstić information content (AvgIpc) is 2.03. The molecule has 1 aromatic carbocycles. The number of halogens is 2. The molecule has 0 spiro atoms. The van der Waals surface area contributed by atoms with E-state index in [1.165, 1.54) is 12.0 Å². The second kappa shape index (κ2) is 4.88. The summed E-state index contributed by atoms with van der Waals surface area (Å²) >= 11 is 9.29. The van der Waals surface area contributed by atoms with Crippen molar-refractivity contribution in [2.24, 2.45) is 0 Å². The lowest BCUT2D eigenvalue weighted by Gasteiger charge is -2.02. The zero-order valence-electron chi connectivity index (χ0n) is 7.06. The van der Waals surface area contributed by atoms with Crippen molar-refractivity contribution in [2.75, 3.05) is 0 Å². The fourth-order valence-corrected chi connectivity index (χ4v) is 1.37. The molecule has 0 aromatic heterocycles. The SMILES string of the molecule is C[C@@H](Br)CCc1ccc(Cl)cc1. The van der Waals surface area contributed by atoms with Crippen LogP contribution in [0.15, 0.2) is 24.3 Å². The van der Waals surface area contributed by atoms with Crippen molar-refractivity contribution in [3.63, 3.8) is 0 Å². The van der Waals surface area contributed by atoms with E-state index in [0.717, 1.165) is 11.4 Å². The Labute approximate surface area is 87.1 Å². The number of alkyl halides is 1. The Morgan fingerprint density at radius 3 is 2.42 bits per heavy atom. The normalized spacial score (nSPS) is 12.9. The number of benzene rings is 1. The van der Waals surface area contributed by atoms with Gasteiger partial charge in [-0.15, -0.1) is 0 Å². The van der Waals surface area contributed by atoms with Crippen LogP contribution in [-0.2, 0) is 6.42 Å². The lowest BCUT2D eigenvalue weighted by atomic mass is 10.1. The van der Waals surface area contributed by atoms with E-state index in [4.69, 9.17) is 11.6 Å². The number of hydrogen-bond donors (Lipinski definition) is 0. The molecule has 0 aliphatic heterocycles. The molecular formula is C10H12BrCl. The third-order valence-electron chi connectivity index (χ3n) is 1.74. The van der Waals surface area contributed by atoms with Crippen LogP contribution in [0.25, 0.3) is 0 Å². The molecule has 2 heteroatoms. The van der Waals surface area contributed by atoms with E-state index >= 15 is 0 Å². The van der Waals surface area contributed by atoms with Crippen molar-refractivity contribution in [1.29, 1.82) is 0 Å². The predicted molar refractivity (Wildman–Crippen MR) is 58.2 cm³/mol. The number of hydrogen-bond acceptors (Lipinski definition) is 0. The first-order chi connectivity index (χ1) is 5.68. The van der Waals surface area contributed by atoms with Crippen LogP contribution in [0.2, 0.25) is 5.02 Å². The molecule has 0 aliphatic carbocycles. The molecule has 0 heterocycles. The van der Waals surface area contributed by atoms with Gasteiger partial charge in [-0.2, -0.15) is 0 Å². The van der Waals surface area contributed by atoms with Gasteiger partial charge in [0, 0.05) is 9.85 Å². The Morgan fingerprint density at radius 2 is 1.92 bits per heavy atom. The molecule has 1 rings (SSSR count). The minimum absolute atomic E-state index is 0.591. The molecule has 0 saturated heterocycles. The molecule has 0 radical (unpaired) electrons. The van der Waals surface area contributed by atoms with Crippen LogP contribution in [-0.4, -0.2) is 4.83 Å². The average molecular weight is 248 g/mol. The summed E-state index contributed by atoms with van der Waals surface area (Å²) in [5, 5.41) is 0.811. The van der Waals surface area contributed by atoms with Gasteiger partial charge in [-0.05, 0) is 30.5 Å². The second-order valence-corrected chi connectivity index (χ2v) is 4.95. The summed E-state index contributed by atoms with van der Waals surface area (Å²) in [5.41, 5.74) is 1.35. The Bertz CT molecular complexity index is 228. The first kappa shape index (κ1) is 10.1. The molecular weight excluding hydrogens is 235 g/mol. The molecule has 0 aliphatic rings. The zero-order valence-corrected chi connectivity index (χ0v) is 9.40. The van der Waals surface area contributed by atoms with Crippen LogP contribution in [0, 0.1) is 0 Å². The highest BCUT2D eigenvalue weighted by atomic mass is 79.9. The predicted octanol–water partition coefficient (Wildman–Crippen LogP) is 4.06. The third kappa shape index (κ3) is 3.59. The zero-order chi connectivity index (χ0) is 8.97. The van der Waals surface area contributed by atoms with Gasteiger partial charge in [-0.25, -0.2) is 0 Å². The maximum Gasteiger partial charge on any atom is 0.0406 e.